The van der Waals surface area contributed by atoms with Gasteiger partial charge in [-0.3, -0.25) is 4.79 Å². The number of carbonyl (C=O) groups is 1. The number of hydrogen-bond acceptors (Lipinski definition) is 3. The molecule has 3 rings (SSSR count). The van der Waals surface area contributed by atoms with Crippen molar-refractivity contribution in [1.82, 2.24) is 10.2 Å². The minimum absolute atomic E-state index is 0. The molecule has 0 radical (unpaired) electrons. The van der Waals surface area contributed by atoms with Crippen LogP contribution in [0.2, 0.25) is 0 Å². The van der Waals surface area contributed by atoms with Gasteiger partial charge in [0, 0.05) is 33.3 Å². The van der Waals surface area contributed by atoms with E-state index in [0.717, 1.165) is 31.7 Å². The summed E-state index contributed by atoms with van der Waals surface area (Å²) in [6.45, 7) is 3.81. The van der Waals surface area contributed by atoms with Crippen molar-refractivity contribution in [2.24, 2.45) is 11.8 Å². The van der Waals surface area contributed by atoms with Crippen molar-refractivity contribution >= 4 is 18.3 Å². The monoisotopic (exact) mass is 296 g/mol. The Kier molecular flexibility index (Phi) is 5.02. The Hall–Kier alpha value is -1.10. The Morgan fingerprint density at radius 2 is 1.85 bits per heavy atom. The lowest BCUT2D eigenvalue weighted by atomic mass is 10.0. The Morgan fingerprint density at radius 1 is 1.25 bits per heavy atom. The second-order valence-electron chi connectivity index (χ2n) is 5.45. The summed E-state index contributed by atoms with van der Waals surface area (Å²) in [7, 11) is 1.61. The van der Waals surface area contributed by atoms with Crippen LogP contribution in [0.5, 0.6) is 0 Å². The van der Waals surface area contributed by atoms with Gasteiger partial charge >= 0.3 is 0 Å². The van der Waals surface area contributed by atoms with Gasteiger partial charge in [-0.1, -0.05) is 30.3 Å². The predicted octanol–water partition coefficient (Wildman–Crippen LogP) is 1.47. The summed E-state index contributed by atoms with van der Waals surface area (Å²) >= 11 is 0. The van der Waals surface area contributed by atoms with Crippen molar-refractivity contribution in [2.75, 3.05) is 33.3 Å². The molecule has 20 heavy (non-hydrogen) atoms. The first-order valence-electron chi connectivity index (χ1n) is 6.87. The predicted molar refractivity (Wildman–Crippen MR) is 79.9 cm³/mol. The third-order valence-corrected chi connectivity index (χ3v) is 4.26. The van der Waals surface area contributed by atoms with Crippen LogP contribution < -0.4 is 5.32 Å². The van der Waals surface area contributed by atoms with E-state index in [9.17, 15) is 4.79 Å². The van der Waals surface area contributed by atoms with Gasteiger partial charge in [-0.25, -0.2) is 0 Å². The first kappa shape index (κ1) is 15.3. The standard InChI is InChI=1S/C15H20N2O2.ClH/c1-19-14(11-5-3-2-4-6-11)15(18)17-9-12-7-16-8-13(12)10-17;/h2-6,12-14,16H,7-10H2,1H3;1H/t12-,13+,14?;. The van der Waals surface area contributed by atoms with E-state index in [1.54, 1.807) is 7.11 Å². The third kappa shape index (κ3) is 2.82. The minimum atomic E-state index is -0.465. The molecule has 0 bridgehead atoms. The van der Waals surface area contributed by atoms with Gasteiger partial charge in [0.2, 0.25) is 0 Å². The van der Waals surface area contributed by atoms with Crippen molar-refractivity contribution < 1.29 is 9.53 Å². The summed E-state index contributed by atoms with van der Waals surface area (Å²) in [6.07, 6.45) is -0.465. The van der Waals surface area contributed by atoms with Crippen molar-refractivity contribution in [1.29, 1.82) is 0 Å². The lowest BCUT2D eigenvalue weighted by Gasteiger charge is -2.23. The number of nitrogens with zero attached hydrogens (tertiary/aromatic N) is 1. The molecule has 2 heterocycles. The fourth-order valence-corrected chi connectivity index (χ4v) is 3.21. The van der Waals surface area contributed by atoms with Gasteiger partial charge in [-0.2, -0.15) is 0 Å². The van der Waals surface area contributed by atoms with E-state index in [-0.39, 0.29) is 18.3 Å². The highest BCUT2D eigenvalue weighted by molar-refractivity contribution is 5.85. The van der Waals surface area contributed by atoms with E-state index in [2.05, 4.69) is 5.32 Å². The number of nitrogens with one attached hydrogen (secondary N) is 1. The van der Waals surface area contributed by atoms with Crippen molar-refractivity contribution in [3.8, 4) is 0 Å². The van der Waals surface area contributed by atoms with E-state index in [1.807, 2.05) is 35.2 Å². The molecule has 2 saturated heterocycles. The zero-order valence-corrected chi connectivity index (χ0v) is 12.4. The van der Waals surface area contributed by atoms with Crippen LogP contribution in [0.15, 0.2) is 30.3 Å². The fourth-order valence-electron chi connectivity index (χ4n) is 3.21. The number of benzene rings is 1. The van der Waals surface area contributed by atoms with Crippen LogP contribution in [0.3, 0.4) is 0 Å². The van der Waals surface area contributed by atoms with Gasteiger partial charge in [-0.05, 0) is 17.4 Å². The molecular formula is C15H21ClN2O2. The number of carbonyl (C=O) groups excluding carboxylic acids is 1. The van der Waals surface area contributed by atoms with Gasteiger partial charge in [0.25, 0.3) is 5.91 Å². The Morgan fingerprint density at radius 3 is 2.40 bits per heavy atom. The van der Waals surface area contributed by atoms with E-state index < -0.39 is 6.10 Å². The van der Waals surface area contributed by atoms with Crippen LogP contribution in [0, 0.1) is 11.8 Å². The lowest BCUT2D eigenvalue weighted by molar-refractivity contribution is -0.141. The number of amides is 1. The second kappa shape index (κ2) is 6.57. The van der Waals surface area contributed by atoms with Crippen LogP contribution in [-0.2, 0) is 9.53 Å². The molecule has 2 aliphatic rings. The molecule has 0 aromatic heterocycles. The quantitative estimate of drug-likeness (QED) is 0.918. The maximum atomic E-state index is 12.6. The molecule has 1 unspecified atom stereocenters. The highest BCUT2D eigenvalue weighted by Crippen LogP contribution is 2.29. The lowest BCUT2D eigenvalue weighted by Crippen LogP contribution is -2.36. The molecule has 1 aromatic carbocycles. The van der Waals surface area contributed by atoms with Crippen LogP contribution in [0.25, 0.3) is 0 Å². The molecule has 110 valence electrons. The maximum absolute atomic E-state index is 12.6. The number of likely N-dealkylation sites (tertiary alicyclic amines) is 1. The fraction of sp³-hybridized carbons (Fsp3) is 0.533. The summed E-state index contributed by atoms with van der Waals surface area (Å²) in [5.74, 6) is 1.34. The molecule has 3 atom stereocenters. The molecule has 0 saturated carbocycles. The SMILES string of the molecule is COC(C(=O)N1C[C@H]2CNC[C@H]2C1)c1ccccc1.Cl. The molecule has 4 nitrogen and oxygen atoms in total. The van der Waals surface area contributed by atoms with Crippen molar-refractivity contribution in [3.05, 3.63) is 35.9 Å². The summed E-state index contributed by atoms with van der Waals surface area (Å²) in [5.41, 5.74) is 0.935. The van der Waals surface area contributed by atoms with Gasteiger partial charge in [-0.15, -0.1) is 12.4 Å². The van der Waals surface area contributed by atoms with Gasteiger partial charge < -0.3 is 15.0 Å². The number of hydrogen-bond donors (Lipinski definition) is 1. The zero-order chi connectivity index (χ0) is 13.2. The van der Waals surface area contributed by atoms with E-state index in [4.69, 9.17) is 4.74 Å². The number of fused-ring (bicyclic) bond motifs is 1. The van der Waals surface area contributed by atoms with Crippen LogP contribution >= 0.6 is 12.4 Å². The number of ether oxygens (including phenoxy) is 1. The maximum Gasteiger partial charge on any atom is 0.256 e. The van der Waals surface area contributed by atoms with Crippen LogP contribution in [0.1, 0.15) is 11.7 Å². The molecule has 0 aliphatic carbocycles. The Balaban J connectivity index is 0.00000147. The molecule has 2 fully saturated rings. The highest BCUT2D eigenvalue weighted by atomic mass is 35.5. The third-order valence-electron chi connectivity index (χ3n) is 4.26. The van der Waals surface area contributed by atoms with Crippen LogP contribution in [-0.4, -0.2) is 44.1 Å². The molecule has 1 aromatic rings. The van der Waals surface area contributed by atoms with Crippen molar-refractivity contribution in [3.63, 3.8) is 0 Å². The van der Waals surface area contributed by atoms with Gasteiger partial charge in [0.1, 0.15) is 0 Å². The molecule has 2 aliphatic heterocycles. The van der Waals surface area contributed by atoms with Gasteiger partial charge in [0.05, 0.1) is 0 Å². The number of methoxy groups -OCH3 is 1. The second-order valence-corrected chi connectivity index (χ2v) is 5.45. The van der Waals surface area contributed by atoms with E-state index in [0.29, 0.717) is 11.8 Å². The van der Waals surface area contributed by atoms with Crippen molar-refractivity contribution in [2.45, 2.75) is 6.10 Å². The highest BCUT2D eigenvalue weighted by Gasteiger charge is 2.40. The normalized spacial score (nSPS) is 25.9. The first-order valence-corrected chi connectivity index (χ1v) is 6.87. The zero-order valence-electron chi connectivity index (χ0n) is 11.6. The average Bonchev–Trinajstić information content (AvgIpc) is 3.01. The Bertz CT molecular complexity index is 442. The topological polar surface area (TPSA) is 41.6 Å². The number of halogens is 1. The largest absolute Gasteiger partial charge is 0.367 e. The molecule has 1 N–H and O–H groups in total. The van der Waals surface area contributed by atoms with E-state index >= 15 is 0 Å². The summed E-state index contributed by atoms with van der Waals surface area (Å²) in [6, 6.07) is 9.73. The minimum Gasteiger partial charge on any atom is -0.367 e. The summed E-state index contributed by atoms with van der Waals surface area (Å²) in [5, 5.41) is 3.39. The summed E-state index contributed by atoms with van der Waals surface area (Å²) < 4.78 is 5.43. The summed E-state index contributed by atoms with van der Waals surface area (Å²) in [4.78, 5) is 14.6. The smallest absolute Gasteiger partial charge is 0.256 e. The molecule has 0 spiro atoms. The average molecular weight is 297 g/mol. The first-order chi connectivity index (χ1) is 9.29. The molecule has 1 amide bonds. The molecular weight excluding hydrogens is 276 g/mol. The Labute approximate surface area is 125 Å². The van der Waals surface area contributed by atoms with Crippen LogP contribution in [0.4, 0.5) is 0 Å². The molecule has 5 heteroatoms. The van der Waals surface area contributed by atoms with E-state index in [1.165, 1.54) is 0 Å². The number of rotatable bonds is 3. The van der Waals surface area contributed by atoms with Gasteiger partial charge in [0.15, 0.2) is 6.10 Å².